The predicted octanol–water partition coefficient (Wildman–Crippen LogP) is 2.39. The lowest BCUT2D eigenvalue weighted by Crippen LogP contribution is -2.08. The summed E-state index contributed by atoms with van der Waals surface area (Å²) in [5.41, 5.74) is 2.91. The predicted molar refractivity (Wildman–Crippen MR) is 63.6 cm³/mol. The third-order valence-corrected chi connectivity index (χ3v) is 2.04. The first kappa shape index (κ1) is 11.4. The minimum absolute atomic E-state index is 0.0632. The fourth-order valence-corrected chi connectivity index (χ4v) is 1.33. The molecule has 1 amide bonds. The first-order chi connectivity index (χ1) is 7.15. The monoisotopic (exact) mass is 204 g/mol. The highest BCUT2D eigenvalue weighted by Gasteiger charge is 2.03. The van der Waals surface area contributed by atoms with Crippen LogP contribution >= 0.6 is 0 Å². The number of carbonyl (C=O) groups excluding carboxylic acids is 1. The van der Waals surface area contributed by atoms with Gasteiger partial charge >= 0.3 is 0 Å². The fourth-order valence-electron chi connectivity index (χ4n) is 1.33. The molecule has 80 valence electrons. The van der Waals surface area contributed by atoms with Crippen molar-refractivity contribution in [3.63, 3.8) is 0 Å². The van der Waals surface area contributed by atoms with Crippen molar-refractivity contribution >= 4 is 17.8 Å². The van der Waals surface area contributed by atoms with Crippen LogP contribution in [0, 0.1) is 6.92 Å². The van der Waals surface area contributed by atoms with E-state index in [0.29, 0.717) is 0 Å². The van der Waals surface area contributed by atoms with E-state index >= 15 is 0 Å². The molecular formula is C12H16N2O. The van der Waals surface area contributed by atoms with Crippen LogP contribution in [-0.4, -0.2) is 18.7 Å². The molecule has 0 aliphatic carbocycles. The molecule has 3 nitrogen and oxygen atoms in total. The van der Waals surface area contributed by atoms with E-state index in [1.54, 1.807) is 6.21 Å². The fraction of sp³-hybridized carbons (Fsp3) is 0.333. The number of amides is 1. The summed E-state index contributed by atoms with van der Waals surface area (Å²) in [6.07, 6.45) is 1.81. The van der Waals surface area contributed by atoms with Crippen LogP contribution in [0.4, 0.5) is 5.69 Å². The summed E-state index contributed by atoms with van der Waals surface area (Å²) in [5.74, 6) is -0.0632. The van der Waals surface area contributed by atoms with Gasteiger partial charge in [-0.25, -0.2) is 0 Å². The molecule has 0 aromatic heterocycles. The second kappa shape index (κ2) is 5.29. The lowest BCUT2D eigenvalue weighted by Gasteiger charge is -2.08. The summed E-state index contributed by atoms with van der Waals surface area (Å²) < 4.78 is 0. The van der Waals surface area contributed by atoms with Gasteiger partial charge in [-0.2, -0.15) is 0 Å². The van der Waals surface area contributed by atoms with E-state index < -0.39 is 0 Å². The average molecular weight is 204 g/mol. The zero-order valence-electron chi connectivity index (χ0n) is 9.37. The molecule has 0 aliphatic heterocycles. The van der Waals surface area contributed by atoms with Gasteiger partial charge in [-0.05, 0) is 25.5 Å². The second-order valence-electron chi connectivity index (χ2n) is 3.35. The summed E-state index contributed by atoms with van der Waals surface area (Å²) in [6.45, 7) is 6.23. The summed E-state index contributed by atoms with van der Waals surface area (Å²) in [5, 5.41) is 2.79. The highest BCUT2D eigenvalue weighted by molar-refractivity contribution is 5.97. The molecule has 0 unspecified atom stereocenters. The van der Waals surface area contributed by atoms with Crippen molar-refractivity contribution in [2.75, 3.05) is 11.9 Å². The molecule has 1 N–H and O–H groups in total. The van der Waals surface area contributed by atoms with Gasteiger partial charge in [-0.3, -0.25) is 9.79 Å². The minimum Gasteiger partial charge on any atom is -0.326 e. The zero-order valence-corrected chi connectivity index (χ0v) is 9.37. The molecule has 0 spiro atoms. The van der Waals surface area contributed by atoms with Crippen LogP contribution in [0.3, 0.4) is 0 Å². The van der Waals surface area contributed by atoms with Crippen LogP contribution in [-0.2, 0) is 4.79 Å². The van der Waals surface area contributed by atoms with Crippen LogP contribution < -0.4 is 5.32 Å². The lowest BCUT2D eigenvalue weighted by atomic mass is 10.1. The molecule has 0 bridgehead atoms. The maximum Gasteiger partial charge on any atom is 0.221 e. The van der Waals surface area contributed by atoms with E-state index in [1.807, 2.05) is 32.0 Å². The molecule has 1 aromatic rings. The molecule has 3 heteroatoms. The van der Waals surface area contributed by atoms with E-state index in [4.69, 9.17) is 0 Å². The van der Waals surface area contributed by atoms with Gasteiger partial charge in [-0.15, -0.1) is 0 Å². The van der Waals surface area contributed by atoms with Crippen LogP contribution in [0.5, 0.6) is 0 Å². The average Bonchev–Trinajstić information content (AvgIpc) is 2.16. The molecule has 0 aliphatic rings. The molecular weight excluding hydrogens is 188 g/mol. The molecule has 1 aromatic carbocycles. The molecule has 0 saturated carbocycles. The standard InChI is InChI=1S/C12H16N2O/c1-4-13-8-11-9(2)6-5-7-12(11)14-10(3)15/h5-8H,4H2,1-3H3,(H,14,15). The number of anilines is 1. The third kappa shape index (κ3) is 3.20. The van der Waals surface area contributed by atoms with E-state index in [2.05, 4.69) is 10.3 Å². The number of nitrogens with one attached hydrogen (secondary N) is 1. The van der Waals surface area contributed by atoms with Gasteiger partial charge in [0.15, 0.2) is 0 Å². The van der Waals surface area contributed by atoms with Gasteiger partial charge in [0.25, 0.3) is 0 Å². The van der Waals surface area contributed by atoms with Crippen molar-refractivity contribution in [1.82, 2.24) is 0 Å². The van der Waals surface area contributed by atoms with Gasteiger partial charge in [0, 0.05) is 30.9 Å². The zero-order chi connectivity index (χ0) is 11.3. The van der Waals surface area contributed by atoms with Gasteiger partial charge in [0.05, 0.1) is 0 Å². The molecule has 0 radical (unpaired) electrons. The molecule has 15 heavy (non-hydrogen) atoms. The Morgan fingerprint density at radius 3 is 2.87 bits per heavy atom. The quantitative estimate of drug-likeness (QED) is 0.755. The van der Waals surface area contributed by atoms with Crippen LogP contribution in [0.2, 0.25) is 0 Å². The van der Waals surface area contributed by atoms with Gasteiger partial charge in [-0.1, -0.05) is 12.1 Å². The van der Waals surface area contributed by atoms with Gasteiger partial charge < -0.3 is 5.32 Å². The van der Waals surface area contributed by atoms with E-state index in [0.717, 1.165) is 23.4 Å². The number of nitrogens with zero attached hydrogens (tertiary/aromatic N) is 1. The SMILES string of the molecule is CCN=Cc1c(C)cccc1NC(C)=O. The Hall–Kier alpha value is -1.64. The van der Waals surface area contributed by atoms with Crippen molar-refractivity contribution in [3.8, 4) is 0 Å². The summed E-state index contributed by atoms with van der Waals surface area (Å²) in [4.78, 5) is 15.2. The second-order valence-corrected chi connectivity index (χ2v) is 3.35. The van der Waals surface area contributed by atoms with Crippen molar-refractivity contribution in [3.05, 3.63) is 29.3 Å². The Kier molecular flexibility index (Phi) is 4.03. The smallest absolute Gasteiger partial charge is 0.221 e. The number of rotatable bonds is 3. The van der Waals surface area contributed by atoms with E-state index in [9.17, 15) is 4.79 Å². The van der Waals surface area contributed by atoms with E-state index in [1.165, 1.54) is 6.92 Å². The Bertz CT molecular complexity index is 383. The van der Waals surface area contributed by atoms with Gasteiger partial charge in [0.1, 0.15) is 0 Å². The van der Waals surface area contributed by atoms with Crippen molar-refractivity contribution in [2.45, 2.75) is 20.8 Å². The van der Waals surface area contributed by atoms with Crippen molar-refractivity contribution < 1.29 is 4.79 Å². The molecule has 0 atom stereocenters. The maximum absolute atomic E-state index is 11.0. The topological polar surface area (TPSA) is 41.5 Å². The Morgan fingerprint density at radius 2 is 2.27 bits per heavy atom. The minimum atomic E-state index is -0.0632. The Morgan fingerprint density at radius 1 is 1.53 bits per heavy atom. The maximum atomic E-state index is 11.0. The number of benzene rings is 1. The van der Waals surface area contributed by atoms with Crippen LogP contribution in [0.15, 0.2) is 23.2 Å². The van der Waals surface area contributed by atoms with Crippen LogP contribution in [0.1, 0.15) is 25.0 Å². The molecule has 0 saturated heterocycles. The highest BCUT2D eigenvalue weighted by Crippen LogP contribution is 2.17. The molecule has 0 fully saturated rings. The number of carbonyl (C=O) groups is 1. The Balaban J connectivity index is 3.08. The van der Waals surface area contributed by atoms with E-state index in [-0.39, 0.29) is 5.91 Å². The summed E-state index contributed by atoms with van der Waals surface area (Å²) >= 11 is 0. The number of aliphatic imine (C=N–C) groups is 1. The van der Waals surface area contributed by atoms with Crippen LogP contribution in [0.25, 0.3) is 0 Å². The van der Waals surface area contributed by atoms with Gasteiger partial charge in [0.2, 0.25) is 5.91 Å². The number of hydrogen-bond donors (Lipinski definition) is 1. The summed E-state index contributed by atoms with van der Waals surface area (Å²) in [6, 6.07) is 5.80. The normalized spacial score (nSPS) is 10.6. The van der Waals surface area contributed by atoms with Crippen molar-refractivity contribution in [1.29, 1.82) is 0 Å². The number of aryl methyl sites for hydroxylation is 1. The first-order valence-corrected chi connectivity index (χ1v) is 5.02. The van der Waals surface area contributed by atoms with Crippen molar-refractivity contribution in [2.24, 2.45) is 4.99 Å². The first-order valence-electron chi connectivity index (χ1n) is 5.02. The third-order valence-electron chi connectivity index (χ3n) is 2.04. The largest absolute Gasteiger partial charge is 0.326 e. The molecule has 1 rings (SSSR count). The summed E-state index contributed by atoms with van der Waals surface area (Å²) in [7, 11) is 0. The Labute approximate surface area is 90.2 Å². The lowest BCUT2D eigenvalue weighted by molar-refractivity contribution is -0.114. The molecule has 0 heterocycles. The highest BCUT2D eigenvalue weighted by atomic mass is 16.1. The number of hydrogen-bond acceptors (Lipinski definition) is 2.